The third-order valence-electron chi connectivity index (χ3n) is 3.70. The normalized spacial score (nSPS) is 24.3. The first-order valence-corrected chi connectivity index (χ1v) is 6.59. The third-order valence-corrected chi connectivity index (χ3v) is 3.70. The van der Waals surface area contributed by atoms with E-state index in [0.29, 0.717) is 12.0 Å². The van der Waals surface area contributed by atoms with Gasteiger partial charge in [-0.05, 0) is 38.3 Å². The number of aryl methyl sites for hydroxylation is 1. The average Bonchev–Trinajstić information content (AvgIpc) is 2.97. The Morgan fingerprint density at radius 1 is 1.39 bits per heavy atom. The molecule has 1 saturated carbocycles. The third kappa shape index (κ3) is 2.20. The highest BCUT2D eigenvalue weighted by Crippen LogP contribution is 2.31. The van der Waals surface area contributed by atoms with Crippen LogP contribution >= 0.6 is 0 Å². The topological polar surface area (TPSA) is 67.8 Å². The number of nitrogens with two attached hydrogens (primary N) is 1. The molecule has 2 heterocycles. The van der Waals surface area contributed by atoms with Crippen LogP contribution in [0, 0.1) is 6.92 Å². The molecule has 0 spiro atoms. The van der Waals surface area contributed by atoms with Crippen LogP contribution in [-0.4, -0.2) is 16.0 Å². The van der Waals surface area contributed by atoms with Crippen molar-refractivity contribution in [1.29, 1.82) is 0 Å². The van der Waals surface area contributed by atoms with E-state index in [1.807, 2.05) is 25.3 Å². The van der Waals surface area contributed by atoms with Crippen molar-refractivity contribution in [2.24, 2.45) is 5.73 Å². The zero-order valence-corrected chi connectivity index (χ0v) is 10.6. The van der Waals surface area contributed by atoms with Gasteiger partial charge in [-0.3, -0.25) is 0 Å². The SMILES string of the molecule is Cc1ccc(-c2cnc(C3CCCC(N)C3)[nH]2)o1. The summed E-state index contributed by atoms with van der Waals surface area (Å²) < 4.78 is 5.60. The number of H-pyrrole nitrogens is 1. The van der Waals surface area contributed by atoms with Gasteiger partial charge in [-0.1, -0.05) is 6.42 Å². The first kappa shape index (κ1) is 11.5. The molecule has 1 aliphatic rings. The quantitative estimate of drug-likeness (QED) is 0.854. The average molecular weight is 245 g/mol. The summed E-state index contributed by atoms with van der Waals surface area (Å²) >= 11 is 0. The van der Waals surface area contributed by atoms with Crippen LogP contribution in [0.4, 0.5) is 0 Å². The van der Waals surface area contributed by atoms with Gasteiger partial charge >= 0.3 is 0 Å². The predicted octanol–water partition coefficient (Wildman–Crippen LogP) is 2.96. The monoisotopic (exact) mass is 245 g/mol. The van der Waals surface area contributed by atoms with Crippen molar-refractivity contribution in [1.82, 2.24) is 9.97 Å². The van der Waals surface area contributed by atoms with E-state index in [0.717, 1.165) is 35.9 Å². The number of furan rings is 1. The van der Waals surface area contributed by atoms with Gasteiger partial charge in [-0.15, -0.1) is 0 Å². The van der Waals surface area contributed by atoms with Gasteiger partial charge in [-0.2, -0.15) is 0 Å². The number of imidazole rings is 1. The fourth-order valence-electron chi connectivity index (χ4n) is 2.72. The van der Waals surface area contributed by atoms with Crippen molar-refractivity contribution in [3.8, 4) is 11.5 Å². The zero-order chi connectivity index (χ0) is 12.5. The number of hydrogen-bond acceptors (Lipinski definition) is 3. The Morgan fingerprint density at radius 2 is 2.28 bits per heavy atom. The molecule has 2 aromatic rings. The minimum atomic E-state index is 0.322. The summed E-state index contributed by atoms with van der Waals surface area (Å²) in [5.74, 6) is 3.29. The lowest BCUT2D eigenvalue weighted by atomic mass is 9.86. The van der Waals surface area contributed by atoms with E-state index < -0.39 is 0 Å². The standard InChI is InChI=1S/C14H19N3O/c1-9-5-6-13(18-9)12-8-16-14(17-12)10-3-2-4-11(15)7-10/h5-6,8,10-11H,2-4,7,15H2,1H3,(H,16,17). The second-order valence-corrected chi connectivity index (χ2v) is 5.22. The first-order valence-electron chi connectivity index (χ1n) is 6.59. The number of nitrogens with zero attached hydrogens (tertiary/aromatic N) is 1. The highest BCUT2D eigenvalue weighted by molar-refractivity contribution is 5.51. The van der Waals surface area contributed by atoms with Gasteiger partial charge in [0.1, 0.15) is 17.3 Å². The van der Waals surface area contributed by atoms with Crippen molar-refractivity contribution in [2.75, 3.05) is 0 Å². The van der Waals surface area contributed by atoms with E-state index in [9.17, 15) is 0 Å². The van der Waals surface area contributed by atoms with Gasteiger partial charge in [0.05, 0.1) is 6.20 Å². The van der Waals surface area contributed by atoms with Gasteiger partial charge in [0.2, 0.25) is 0 Å². The molecule has 0 aliphatic heterocycles. The van der Waals surface area contributed by atoms with E-state index >= 15 is 0 Å². The summed E-state index contributed by atoms with van der Waals surface area (Å²) in [7, 11) is 0. The molecule has 1 fully saturated rings. The molecule has 18 heavy (non-hydrogen) atoms. The molecule has 0 radical (unpaired) electrons. The Hall–Kier alpha value is -1.55. The van der Waals surface area contributed by atoms with Crippen LogP contribution in [0.15, 0.2) is 22.7 Å². The van der Waals surface area contributed by atoms with Crippen molar-refractivity contribution in [2.45, 2.75) is 44.6 Å². The van der Waals surface area contributed by atoms with Crippen LogP contribution in [0.5, 0.6) is 0 Å². The summed E-state index contributed by atoms with van der Waals surface area (Å²) in [5, 5.41) is 0. The minimum absolute atomic E-state index is 0.322. The van der Waals surface area contributed by atoms with Gasteiger partial charge in [0.15, 0.2) is 5.76 Å². The van der Waals surface area contributed by atoms with Crippen LogP contribution in [0.2, 0.25) is 0 Å². The van der Waals surface area contributed by atoms with Crippen molar-refractivity contribution < 1.29 is 4.42 Å². The summed E-state index contributed by atoms with van der Waals surface area (Å²) in [6, 6.07) is 4.26. The van der Waals surface area contributed by atoms with Crippen LogP contribution in [0.25, 0.3) is 11.5 Å². The number of aromatic nitrogens is 2. The van der Waals surface area contributed by atoms with Gasteiger partial charge in [0, 0.05) is 12.0 Å². The Bertz CT molecular complexity index is 529. The van der Waals surface area contributed by atoms with Crippen molar-refractivity contribution in [3.63, 3.8) is 0 Å². The Kier molecular flexibility index (Phi) is 2.96. The van der Waals surface area contributed by atoms with E-state index in [1.165, 1.54) is 12.8 Å². The predicted molar refractivity (Wildman–Crippen MR) is 70.2 cm³/mol. The zero-order valence-electron chi connectivity index (χ0n) is 10.6. The van der Waals surface area contributed by atoms with Crippen LogP contribution in [-0.2, 0) is 0 Å². The number of rotatable bonds is 2. The Balaban J connectivity index is 1.80. The molecule has 0 bridgehead atoms. The molecule has 0 amide bonds. The molecular weight excluding hydrogens is 226 g/mol. The number of hydrogen-bond donors (Lipinski definition) is 2. The second kappa shape index (κ2) is 4.61. The molecule has 4 heteroatoms. The molecule has 3 rings (SSSR count). The number of nitrogens with one attached hydrogen (secondary N) is 1. The molecule has 3 N–H and O–H groups in total. The molecular formula is C14H19N3O. The van der Waals surface area contributed by atoms with Crippen molar-refractivity contribution in [3.05, 3.63) is 29.9 Å². The highest BCUT2D eigenvalue weighted by Gasteiger charge is 2.23. The lowest BCUT2D eigenvalue weighted by Crippen LogP contribution is -2.27. The second-order valence-electron chi connectivity index (χ2n) is 5.22. The van der Waals surface area contributed by atoms with E-state index in [4.69, 9.17) is 10.2 Å². The fourth-order valence-corrected chi connectivity index (χ4v) is 2.72. The summed E-state index contributed by atoms with van der Waals surface area (Å²) in [6.45, 7) is 1.95. The maximum absolute atomic E-state index is 6.02. The highest BCUT2D eigenvalue weighted by atomic mass is 16.3. The van der Waals surface area contributed by atoms with E-state index in [1.54, 1.807) is 0 Å². The molecule has 96 valence electrons. The van der Waals surface area contributed by atoms with Gasteiger partial charge in [0.25, 0.3) is 0 Å². The summed E-state index contributed by atoms with van der Waals surface area (Å²) in [5.41, 5.74) is 6.98. The summed E-state index contributed by atoms with van der Waals surface area (Å²) in [6.07, 6.45) is 6.40. The lowest BCUT2D eigenvalue weighted by molar-refractivity contribution is 0.383. The molecule has 4 nitrogen and oxygen atoms in total. The Labute approximate surface area is 107 Å². The molecule has 2 unspecified atom stereocenters. The largest absolute Gasteiger partial charge is 0.460 e. The first-order chi connectivity index (χ1) is 8.72. The molecule has 2 aromatic heterocycles. The summed E-state index contributed by atoms with van der Waals surface area (Å²) in [4.78, 5) is 7.86. The maximum atomic E-state index is 6.02. The molecule has 0 saturated heterocycles. The van der Waals surface area contributed by atoms with E-state index in [-0.39, 0.29) is 0 Å². The minimum Gasteiger partial charge on any atom is -0.460 e. The maximum Gasteiger partial charge on any atom is 0.152 e. The van der Waals surface area contributed by atoms with Gasteiger partial charge in [-0.25, -0.2) is 4.98 Å². The smallest absolute Gasteiger partial charge is 0.152 e. The molecule has 1 aliphatic carbocycles. The van der Waals surface area contributed by atoms with Crippen molar-refractivity contribution >= 4 is 0 Å². The van der Waals surface area contributed by atoms with Gasteiger partial charge < -0.3 is 15.1 Å². The fraction of sp³-hybridized carbons (Fsp3) is 0.500. The van der Waals surface area contributed by atoms with E-state index in [2.05, 4.69) is 9.97 Å². The Morgan fingerprint density at radius 3 is 3.00 bits per heavy atom. The van der Waals surface area contributed by atoms with Crippen LogP contribution < -0.4 is 5.73 Å². The molecule has 0 aromatic carbocycles. The lowest BCUT2D eigenvalue weighted by Gasteiger charge is -2.24. The molecule has 2 atom stereocenters. The van der Waals surface area contributed by atoms with Crippen LogP contribution in [0.3, 0.4) is 0 Å². The number of aromatic amines is 1. The van der Waals surface area contributed by atoms with Crippen LogP contribution in [0.1, 0.15) is 43.2 Å².